The Balaban J connectivity index is 1.58. The van der Waals surface area contributed by atoms with Crippen LogP contribution in [0.25, 0.3) is 0 Å². The number of para-hydroxylation sites is 1. The minimum Gasteiger partial charge on any atom is -0.494 e. The molecular formula is C17H18FN3O2S. The van der Waals surface area contributed by atoms with Crippen LogP contribution in [-0.2, 0) is 4.79 Å². The maximum atomic E-state index is 12.8. The van der Waals surface area contributed by atoms with Crippen LogP contribution < -0.4 is 20.9 Å². The lowest BCUT2D eigenvalue weighted by atomic mass is 10.3. The molecule has 0 unspecified atom stereocenters. The van der Waals surface area contributed by atoms with Crippen molar-refractivity contribution in [3.8, 4) is 5.75 Å². The summed E-state index contributed by atoms with van der Waals surface area (Å²) in [4.78, 5) is 11.7. The Labute approximate surface area is 145 Å². The third kappa shape index (κ3) is 6.62. The summed E-state index contributed by atoms with van der Waals surface area (Å²) in [6, 6.07) is 15.1. The highest BCUT2D eigenvalue weighted by atomic mass is 32.1. The molecule has 2 aromatic carbocycles. The zero-order valence-corrected chi connectivity index (χ0v) is 13.7. The van der Waals surface area contributed by atoms with Crippen LogP contribution in [0.5, 0.6) is 5.75 Å². The zero-order chi connectivity index (χ0) is 17.2. The van der Waals surface area contributed by atoms with E-state index >= 15 is 0 Å². The van der Waals surface area contributed by atoms with Gasteiger partial charge in [-0.15, -0.1) is 0 Å². The van der Waals surface area contributed by atoms with Gasteiger partial charge in [0, 0.05) is 12.1 Å². The molecule has 1 amide bonds. The first kappa shape index (κ1) is 17.7. The Kier molecular flexibility index (Phi) is 6.97. The zero-order valence-electron chi connectivity index (χ0n) is 12.9. The van der Waals surface area contributed by atoms with Crippen LogP contribution in [0.2, 0.25) is 0 Å². The fourth-order valence-corrected chi connectivity index (χ4v) is 1.99. The monoisotopic (exact) mass is 347 g/mol. The van der Waals surface area contributed by atoms with E-state index in [-0.39, 0.29) is 16.8 Å². The topological polar surface area (TPSA) is 62.4 Å². The number of carbonyl (C=O) groups is 1. The molecule has 0 aliphatic heterocycles. The van der Waals surface area contributed by atoms with Gasteiger partial charge in [-0.2, -0.15) is 0 Å². The van der Waals surface area contributed by atoms with E-state index in [0.717, 1.165) is 5.75 Å². The van der Waals surface area contributed by atoms with E-state index in [1.807, 2.05) is 30.3 Å². The molecule has 3 N–H and O–H groups in total. The minimum absolute atomic E-state index is 0.199. The lowest BCUT2D eigenvalue weighted by molar-refractivity contribution is -0.121. The Morgan fingerprint density at radius 3 is 2.46 bits per heavy atom. The van der Waals surface area contributed by atoms with Crippen molar-refractivity contribution in [2.24, 2.45) is 0 Å². The molecule has 5 nitrogen and oxygen atoms in total. The molecule has 0 saturated heterocycles. The van der Waals surface area contributed by atoms with Gasteiger partial charge >= 0.3 is 0 Å². The van der Waals surface area contributed by atoms with Crippen molar-refractivity contribution in [2.45, 2.75) is 12.8 Å². The van der Waals surface area contributed by atoms with Crippen LogP contribution in [0.15, 0.2) is 54.6 Å². The molecule has 2 aromatic rings. The fraction of sp³-hybridized carbons (Fsp3) is 0.176. The SMILES string of the molecule is O=C(CCCOc1ccccc1)NNC(=S)Nc1ccc(F)cc1. The Hall–Kier alpha value is -2.67. The highest BCUT2D eigenvalue weighted by molar-refractivity contribution is 7.80. The summed E-state index contributed by atoms with van der Waals surface area (Å²) in [5.41, 5.74) is 5.71. The number of ether oxygens (including phenoxy) is 1. The van der Waals surface area contributed by atoms with Gasteiger partial charge in [-0.1, -0.05) is 18.2 Å². The van der Waals surface area contributed by atoms with E-state index in [1.54, 1.807) is 12.1 Å². The van der Waals surface area contributed by atoms with Gasteiger partial charge in [0.15, 0.2) is 5.11 Å². The molecule has 0 aliphatic carbocycles. The Bertz CT molecular complexity index is 665. The van der Waals surface area contributed by atoms with Crippen molar-refractivity contribution in [3.05, 3.63) is 60.4 Å². The standard InChI is InChI=1S/C17H18FN3O2S/c18-13-8-10-14(11-9-13)19-17(24)21-20-16(22)7-4-12-23-15-5-2-1-3-6-15/h1-3,5-6,8-11H,4,7,12H2,(H,20,22)(H2,19,21,24). The van der Waals surface area contributed by atoms with Crippen LogP contribution in [0.4, 0.5) is 10.1 Å². The normalized spacial score (nSPS) is 9.88. The van der Waals surface area contributed by atoms with Crippen molar-refractivity contribution >= 4 is 28.9 Å². The number of carbonyl (C=O) groups excluding carboxylic acids is 1. The maximum Gasteiger partial charge on any atom is 0.238 e. The highest BCUT2D eigenvalue weighted by Gasteiger charge is 2.03. The van der Waals surface area contributed by atoms with Gasteiger partial charge < -0.3 is 10.1 Å². The van der Waals surface area contributed by atoms with E-state index in [1.165, 1.54) is 12.1 Å². The molecule has 0 aliphatic rings. The summed E-state index contributed by atoms with van der Waals surface area (Å²) in [6.07, 6.45) is 0.888. The van der Waals surface area contributed by atoms with Gasteiger partial charge in [0.25, 0.3) is 0 Å². The van der Waals surface area contributed by atoms with Gasteiger partial charge in [-0.25, -0.2) is 4.39 Å². The second kappa shape index (κ2) is 9.46. The second-order valence-corrected chi connectivity index (χ2v) is 5.31. The number of hydrogen-bond acceptors (Lipinski definition) is 3. The lowest BCUT2D eigenvalue weighted by Crippen LogP contribution is -2.43. The van der Waals surface area contributed by atoms with E-state index in [2.05, 4.69) is 16.2 Å². The van der Waals surface area contributed by atoms with Gasteiger partial charge in [-0.3, -0.25) is 15.6 Å². The average molecular weight is 347 g/mol. The summed E-state index contributed by atoms with van der Waals surface area (Å²) < 4.78 is 18.3. The highest BCUT2D eigenvalue weighted by Crippen LogP contribution is 2.09. The van der Waals surface area contributed by atoms with Gasteiger partial charge in [0.2, 0.25) is 5.91 Å². The Morgan fingerprint density at radius 2 is 1.75 bits per heavy atom. The number of hydrogen-bond donors (Lipinski definition) is 3. The number of benzene rings is 2. The van der Waals surface area contributed by atoms with E-state index in [0.29, 0.717) is 25.1 Å². The largest absolute Gasteiger partial charge is 0.494 e. The molecule has 0 heterocycles. The summed E-state index contributed by atoms with van der Waals surface area (Å²) >= 11 is 5.03. The van der Waals surface area contributed by atoms with Crippen LogP contribution in [-0.4, -0.2) is 17.6 Å². The molecule has 0 fully saturated rings. The molecule has 0 radical (unpaired) electrons. The van der Waals surface area contributed by atoms with Gasteiger partial charge in [0.1, 0.15) is 11.6 Å². The summed E-state index contributed by atoms with van der Waals surface area (Å²) in [5.74, 6) is 0.251. The Morgan fingerprint density at radius 1 is 1.04 bits per heavy atom. The number of anilines is 1. The van der Waals surface area contributed by atoms with E-state index in [4.69, 9.17) is 17.0 Å². The molecular weight excluding hydrogens is 329 g/mol. The first-order chi connectivity index (χ1) is 11.6. The quantitative estimate of drug-likeness (QED) is 0.426. The summed E-state index contributed by atoms with van der Waals surface area (Å²) in [5, 5.41) is 3.05. The third-order valence-electron chi connectivity index (χ3n) is 2.98. The van der Waals surface area contributed by atoms with Crippen LogP contribution in [0.3, 0.4) is 0 Å². The van der Waals surface area contributed by atoms with Gasteiger partial charge in [-0.05, 0) is 55.0 Å². The molecule has 2 rings (SSSR count). The van der Waals surface area contributed by atoms with Crippen molar-refractivity contribution in [2.75, 3.05) is 11.9 Å². The maximum absolute atomic E-state index is 12.8. The fourth-order valence-electron chi connectivity index (χ4n) is 1.82. The van der Waals surface area contributed by atoms with Crippen LogP contribution >= 0.6 is 12.2 Å². The van der Waals surface area contributed by atoms with E-state index < -0.39 is 0 Å². The van der Waals surface area contributed by atoms with Crippen LogP contribution in [0.1, 0.15) is 12.8 Å². The number of thiocarbonyl (C=S) groups is 1. The average Bonchev–Trinajstić information content (AvgIpc) is 2.60. The predicted octanol–water partition coefficient (Wildman–Crippen LogP) is 3.00. The molecule has 0 bridgehead atoms. The first-order valence-electron chi connectivity index (χ1n) is 7.43. The number of halogens is 1. The molecule has 0 saturated carbocycles. The smallest absolute Gasteiger partial charge is 0.238 e. The molecule has 7 heteroatoms. The number of rotatable bonds is 6. The number of hydrazine groups is 1. The van der Waals surface area contributed by atoms with Gasteiger partial charge in [0.05, 0.1) is 6.61 Å². The lowest BCUT2D eigenvalue weighted by Gasteiger charge is -2.11. The molecule has 0 aromatic heterocycles. The third-order valence-corrected chi connectivity index (χ3v) is 3.18. The second-order valence-electron chi connectivity index (χ2n) is 4.90. The summed E-state index contributed by atoms with van der Waals surface area (Å²) in [6.45, 7) is 0.454. The van der Waals surface area contributed by atoms with Crippen molar-refractivity contribution < 1.29 is 13.9 Å². The number of nitrogens with one attached hydrogen (secondary N) is 3. The van der Waals surface area contributed by atoms with Crippen molar-refractivity contribution in [1.29, 1.82) is 0 Å². The van der Waals surface area contributed by atoms with Crippen LogP contribution in [0, 0.1) is 5.82 Å². The molecule has 126 valence electrons. The van der Waals surface area contributed by atoms with Crippen molar-refractivity contribution in [3.63, 3.8) is 0 Å². The molecule has 0 spiro atoms. The molecule has 24 heavy (non-hydrogen) atoms. The first-order valence-corrected chi connectivity index (χ1v) is 7.83. The van der Waals surface area contributed by atoms with Crippen molar-refractivity contribution in [1.82, 2.24) is 10.9 Å². The predicted molar refractivity (Wildman–Crippen MR) is 95.1 cm³/mol. The minimum atomic E-state index is -0.328. The summed E-state index contributed by atoms with van der Waals surface area (Å²) in [7, 11) is 0. The number of amides is 1. The molecule has 0 atom stereocenters. The van der Waals surface area contributed by atoms with E-state index in [9.17, 15) is 9.18 Å².